The van der Waals surface area contributed by atoms with Crippen LogP contribution in [-0.2, 0) is 17.9 Å². The number of hydrogen-bond donors (Lipinski definition) is 1. The molecule has 2 amide bonds. The van der Waals surface area contributed by atoms with Gasteiger partial charge in [-0.1, -0.05) is 20.3 Å². The number of hydrogen-bond acceptors (Lipinski definition) is 3. The average Bonchev–Trinajstić information content (AvgIpc) is 3.29. The summed E-state index contributed by atoms with van der Waals surface area (Å²) in [7, 11) is 0. The molecular formula is C22H31N3O3. The predicted octanol–water partition coefficient (Wildman–Crippen LogP) is 3.81. The first-order chi connectivity index (χ1) is 13.6. The van der Waals surface area contributed by atoms with E-state index in [9.17, 15) is 9.59 Å². The molecule has 0 atom stereocenters. The van der Waals surface area contributed by atoms with Crippen LogP contribution in [0, 0.1) is 5.92 Å². The zero-order valence-electron chi connectivity index (χ0n) is 16.9. The van der Waals surface area contributed by atoms with Gasteiger partial charge in [0.1, 0.15) is 5.76 Å². The van der Waals surface area contributed by atoms with Crippen LogP contribution in [0.1, 0.15) is 68.0 Å². The number of nitrogens with one attached hydrogen (secondary N) is 1. The van der Waals surface area contributed by atoms with Crippen molar-refractivity contribution >= 4 is 11.8 Å². The van der Waals surface area contributed by atoms with Gasteiger partial charge in [-0.05, 0) is 49.9 Å². The van der Waals surface area contributed by atoms with Crippen LogP contribution >= 0.6 is 0 Å². The lowest BCUT2D eigenvalue weighted by atomic mass is 10.3. The summed E-state index contributed by atoms with van der Waals surface area (Å²) in [5.41, 5.74) is 1.08. The van der Waals surface area contributed by atoms with Crippen molar-refractivity contribution in [3.05, 3.63) is 47.7 Å². The SMILES string of the molecule is CCCCNC(=O)c1ccc(Cn2cccc2CN(CCC)C(=O)C2CC2)o1. The van der Waals surface area contributed by atoms with Crippen molar-refractivity contribution in [1.29, 1.82) is 0 Å². The zero-order valence-corrected chi connectivity index (χ0v) is 16.9. The minimum atomic E-state index is -0.170. The molecule has 0 spiro atoms. The number of carbonyl (C=O) groups excluding carboxylic acids is 2. The molecule has 0 bridgehead atoms. The second-order valence-electron chi connectivity index (χ2n) is 7.54. The average molecular weight is 386 g/mol. The first-order valence-electron chi connectivity index (χ1n) is 10.4. The fourth-order valence-electron chi connectivity index (χ4n) is 3.29. The van der Waals surface area contributed by atoms with E-state index in [0.29, 0.717) is 25.4 Å². The molecule has 1 saturated carbocycles. The standard InChI is InChI=1S/C22H31N3O3/c1-3-5-12-23-21(26)20-11-10-19(28-20)16-24-14-6-7-18(24)15-25(13-4-2)22(27)17-8-9-17/h6-7,10-11,14,17H,3-5,8-9,12-13,15-16H2,1-2H3,(H,23,26). The van der Waals surface area contributed by atoms with Gasteiger partial charge in [-0.25, -0.2) is 0 Å². The van der Waals surface area contributed by atoms with E-state index in [2.05, 4.69) is 23.7 Å². The molecule has 2 aromatic heterocycles. The zero-order chi connectivity index (χ0) is 19.9. The second-order valence-corrected chi connectivity index (χ2v) is 7.54. The molecule has 0 unspecified atom stereocenters. The normalized spacial score (nSPS) is 13.5. The third-order valence-electron chi connectivity index (χ3n) is 5.04. The predicted molar refractivity (Wildman–Crippen MR) is 108 cm³/mol. The molecule has 6 heteroatoms. The number of rotatable bonds is 11. The van der Waals surface area contributed by atoms with E-state index in [0.717, 1.165) is 50.1 Å². The van der Waals surface area contributed by atoms with E-state index in [1.165, 1.54) is 0 Å². The molecule has 1 aliphatic rings. The topological polar surface area (TPSA) is 67.5 Å². The van der Waals surface area contributed by atoms with Crippen LogP contribution in [0.3, 0.4) is 0 Å². The quantitative estimate of drug-likeness (QED) is 0.598. The Bertz CT molecular complexity index is 789. The summed E-state index contributed by atoms with van der Waals surface area (Å²) in [5.74, 6) is 1.41. The highest BCUT2D eigenvalue weighted by Crippen LogP contribution is 2.31. The van der Waals surface area contributed by atoms with Crippen molar-refractivity contribution in [3.63, 3.8) is 0 Å². The van der Waals surface area contributed by atoms with E-state index in [-0.39, 0.29) is 17.7 Å². The Kier molecular flexibility index (Phi) is 6.95. The van der Waals surface area contributed by atoms with Gasteiger partial charge in [0, 0.05) is 30.9 Å². The van der Waals surface area contributed by atoms with Crippen LogP contribution in [0.2, 0.25) is 0 Å². The minimum Gasteiger partial charge on any atom is -0.454 e. The van der Waals surface area contributed by atoms with Gasteiger partial charge < -0.3 is 19.2 Å². The molecule has 1 aliphatic carbocycles. The van der Waals surface area contributed by atoms with Gasteiger partial charge in [0.05, 0.1) is 13.1 Å². The molecule has 0 aliphatic heterocycles. The lowest BCUT2D eigenvalue weighted by Gasteiger charge is -2.23. The summed E-state index contributed by atoms with van der Waals surface area (Å²) in [6, 6.07) is 7.60. The third kappa shape index (κ3) is 5.27. The van der Waals surface area contributed by atoms with Crippen molar-refractivity contribution in [2.24, 2.45) is 5.92 Å². The van der Waals surface area contributed by atoms with Gasteiger partial charge in [0.2, 0.25) is 5.91 Å². The maximum absolute atomic E-state index is 12.5. The van der Waals surface area contributed by atoms with E-state index in [1.54, 1.807) is 6.07 Å². The summed E-state index contributed by atoms with van der Waals surface area (Å²) >= 11 is 0. The van der Waals surface area contributed by atoms with E-state index >= 15 is 0 Å². The van der Waals surface area contributed by atoms with Crippen LogP contribution in [0.5, 0.6) is 0 Å². The molecule has 0 aromatic carbocycles. The maximum atomic E-state index is 12.5. The first kappa shape index (κ1) is 20.2. The molecule has 2 heterocycles. The molecule has 28 heavy (non-hydrogen) atoms. The van der Waals surface area contributed by atoms with Gasteiger partial charge in [0.25, 0.3) is 5.91 Å². The summed E-state index contributed by atoms with van der Waals surface area (Å²) in [6.07, 6.45) is 6.99. The van der Waals surface area contributed by atoms with Crippen LogP contribution in [0.4, 0.5) is 0 Å². The monoisotopic (exact) mass is 385 g/mol. The fraction of sp³-hybridized carbons (Fsp3) is 0.545. The van der Waals surface area contributed by atoms with Crippen LogP contribution in [0.15, 0.2) is 34.9 Å². The number of nitrogens with zero attached hydrogens (tertiary/aromatic N) is 2. The molecule has 6 nitrogen and oxygen atoms in total. The highest BCUT2D eigenvalue weighted by Gasteiger charge is 2.33. The van der Waals surface area contributed by atoms with E-state index in [1.807, 2.05) is 29.3 Å². The maximum Gasteiger partial charge on any atom is 0.286 e. The van der Waals surface area contributed by atoms with Gasteiger partial charge in [-0.2, -0.15) is 0 Å². The lowest BCUT2D eigenvalue weighted by Crippen LogP contribution is -2.33. The third-order valence-corrected chi connectivity index (χ3v) is 5.04. The Balaban J connectivity index is 1.62. The van der Waals surface area contributed by atoms with Crippen LogP contribution < -0.4 is 5.32 Å². The fourth-order valence-corrected chi connectivity index (χ4v) is 3.29. The van der Waals surface area contributed by atoms with Crippen molar-refractivity contribution < 1.29 is 14.0 Å². The van der Waals surface area contributed by atoms with Gasteiger partial charge in [-0.3, -0.25) is 9.59 Å². The second kappa shape index (κ2) is 9.62. The number of amides is 2. The molecular weight excluding hydrogens is 354 g/mol. The van der Waals surface area contributed by atoms with E-state index in [4.69, 9.17) is 4.42 Å². The molecule has 152 valence electrons. The molecule has 0 radical (unpaired) electrons. The Morgan fingerprint density at radius 3 is 2.75 bits per heavy atom. The van der Waals surface area contributed by atoms with Crippen LogP contribution in [-0.4, -0.2) is 34.4 Å². The summed E-state index contributed by atoms with van der Waals surface area (Å²) < 4.78 is 7.82. The van der Waals surface area contributed by atoms with E-state index < -0.39 is 0 Å². The number of aromatic nitrogens is 1. The lowest BCUT2D eigenvalue weighted by molar-refractivity contribution is -0.133. The molecule has 1 fully saturated rings. The number of carbonyl (C=O) groups is 2. The van der Waals surface area contributed by atoms with Crippen molar-refractivity contribution in [2.45, 2.75) is 59.0 Å². The van der Waals surface area contributed by atoms with Crippen molar-refractivity contribution in [1.82, 2.24) is 14.8 Å². The Morgan fingerprint density at radius 2 is 2.04 bits per heavy atom. The first-order valence-corrected chi connectivity index (χ1v) is 10.4. The molecule has 1 N–H and O–H groups in total. The van der Waals surface area contributed by atoms with Gasteiger partial charge >= 0.3 is 0 Å². The van der Waals surface area contributed by atoms with Gasteiger partial charge in [-0.15, -0.1) is 0 Å². The minimum absolute atomic E-state index is 0.170. The number of unbranched alkanes of at least 4 members (excludes halogenated alkanes) is 1. The summed E-state index contributed by atoms with van der Waals surface area (Å²) in [4.78, 5) is 26.6. The smallest absolute Gasteiger partial charge is 0.286 e. The molecule has 2 aromatic rings. The Hall–Kier alpha value is -2.50. The molecule has 0 saturated heterocycles. The Morgan fingerprint density at radius 1 is 1.21 bits per heavy atom. The van der Waals surface area contributed by atoms with Crippen molar-refractivity contribution in [2.75, 3.05) is 13.1 Å². The van der Waals surface area contributed by atoms with Gasteiger partial charge in [0.15, 0.2) is 5.76 Å². The Labute approximate surface area is 166 Å². The highest BCUT2D eigenvalue weighted by molar-refractivity contribution is 5.91. The summed E-state index contributed by atoms with van der Waals surface area (Å²) in [5, 5.41) is 2.87. The number of furan rings is 1. The van der Waals surface area contributed by atoms with Crippen molar-refractivity contribution in [3.8, 4) is 0 Å². The highest BCUT2D eigenvalue weighted by atomic mass is 16.4. The summed E-state index contributed by atoms with van der Waals surface area (Å²) in [6.45, 7) is 6.79. The molecule has 3 rings (SSSR count). The largest absolute Gasteiger partial charge is 0.454 e. The van der Waals surface area contributed by atoms with Crippen LogP contribution in [0.25, 0.3) is 0 Å².